The summed E-state index contributed by atoms with van der Waals surface area (Å²) < 4.78 is 11.2. The van der Waals surface area contributed by atoms with Gasteiger partial charge in [0.15, 0.2) is 11.5 Å². The standard InChI is InChI=1S/C28H36N4O3/c1-4-31-14-16-32(17-15-31)26(22-8-6-5-7-9-22)19-29-28(33)25-18-27(35-30-25)23-10-12-24(13-11-23)34-20-21(2)3/h5-13,18,21,26H,4,14-17,19-20H2,1-3H3,(H,29,33). The Balaban J connectivity index is 1.39. The van der Waals surface area contributed by atoms with Crippen molar-refractivity contribution in [2.45, 2.75) is 26.8 Å². The van der Waals surface area contributed by atoms with Crippen molar-refractivity contribution in [3.63, 3.8) is 0 Å². The molecule has 0 radical (unpaired) electrons. The summed E-state index contributed by atoms with van der Waals surface area (Å²) in [6.45, 7) is 12.7. The Morgan fingerprint density at radius 3 is 2.43 bits per heavy atom. The van der Waals surface area contributed by atoms with E-state index < -0.39 is 0 Å². The van der Waals surface area contributed by atoms with Crippen LogP contribution in [-0.4, -0.2) is 66.7 Å². The number of hydrogen-bond donors (Lipinski definition) is 1. The zero-order valence-electron chi connectivity index (χ0n) is 20.9. The average molecular weight is 477 g/mol. The van der Waals surface area contributed by atoms with Crippen LogP contribution in [0.25, 0.3) is 11.3 Å². The minimum atomic E-state index is -0.231. The Labute approximate surface area is 208 Å². The van der Waals surface area contributed by atoms with Gasteiger partial charge in [-0.2, -0.15) is 0 Å². The molecule has 1 fully saturated rings. The maximum atomic E-state index is 12.9. The number of carbonyl (C=O) groups is 1. The van der Waals surface area contributed by atoms with Gasteiger partial charge in [0, 0.05) is 44.4 Å². The molecule has 1 aromatic heterocycles. The number of rotatable bonds is 10. The molecule has 1 unspecified atom stereocenters. The zero-order valence-corrected chi connectivity index (χ0v) is 20.9. The lowest BCUT2D eigenvalue weighted by Crippen LogP contribution is -2.49. The number of likely N-dealkylation sites (N-methyl/N-ethyl adjacent to an activating group) is 1. The van der Waals surface area contributed by atoms with Crippen LogP contribution in [-0.2, 0) is 0 Å². The van der Waals surface area contributed by atoms with Crippen molar-refractivity contribution in [2.75, 3.05) is 45.9 Å². The third-order valence-electron chi connectivity index (χ3n) is 6.40. The molecule has 2 aromatic carbocycles. The quantitative estimate of drug-likeness (QED) is 0.465. The summed E-state index contributed by atoms with van der Waals surface area (Å²) in [4.78, 5) is 17.8. The molecule has 0 saturated carbocycles. The number of benzene rings is 2. The van der Waals surface area contributed by atoms with Crippen molar-refractivity contribution < 1.29 is 14.1 Å². The van der Waals surface area contributed by atoms with Crippen LogP contribution in [0, 0.1) is 5.92 Å². The molecule has 0 spiro atoms. The molecule has 3 aromatic rings. The number of ether oxygens (including phenoxy) is 1. The lowest BCUT2D eigenvalue weighted by atomic mass is 10.0. The van der Waals surface area contributed by atoms with Gasteiger partial charge in [-0.3, -0.25) is 9.69 Å². The van der Waals surface area contributed by atoms with Crippen molar-refractivity contribution in [1.29, 1.82) is 0 Å². The molecule has 35 heavy (non-hydrogen) atoms. The van der Waals surface area contributed by atoms with E-state index in [0.29, 0.717) is 24.8 Å². The summed E-state index contributed by atoms with van der Waals surface area (Å²) in [5.74, 6) is 1.60. The maximum absolute atomic E-state index is 12.9. The molecule has 0 aliphatic carbocycles. The van der Waals surface area contributed by atoms with Gasteiger partial charge in [-0.05, 0) is 42.3 Å². The largest absolute Gasteiger partial charge is 0.493 e. The van der Waals surface area contributed by atoms with Gasteiger partial charge in [0.25, 0.3) is 5.91 Å². The van der Waals surface area contributed by atoms with Crippen molar-refractivity contribution >= 4 is 5.91 Å². The van der Waals surface area contributed by atoms with E-state index >= 15 is 0 Å². The highest BCUT2D eigenvalue weighted by Crippen LogP contribution is 2.24. The van der Waals surface area contributed by atoms with Crippen LogP contribution in [0.4, 0.5) is 0 Å². The van der Waals surface area contributed by atoms with Crippen molar-refractivity contribution in [2.24, 2.45) is 5.92 Å². The molecule has 2 heterocycles. The summed E-state index contributed by atoms with van der Waals surface area (Å²) in [6, 6.07) is 19.8. The van der Waals surface area contributed by atoms with Crippen molar-refractivity contribution in [3.05, 3.63) is 71.9 Å². The fourth-order valence-electron chi connectivity index (χ4n) is 4.30. The van der Waals surface area contributed by atoms with Crippen LogP contribution in [0.2, 0.25) is 0 Å². The highest BCUT2D eigenvalue weighted by Gasteiger charge is 2.25. The van der Waals surface area contributed by atoms with Gasteiger partial charge in [-0.15, -0.1) is 0 Å². The monoisotopic (exact) mass is 476 g/mol. The Morgan fingerprint density at radius 2 is 1.77 bits per heavy atom. The molecular formula is C28H36N4O3. The highest BCUT2D eigenvalue weighted by atomic mass is 16.5. The van der Waals surface area contributed by atoms with E-state index in [2.05, 4.69) is 65.3 Å². The molecule has 186 valence electrons. The normalized spacial score (nSPS) is 15.8. The molecular weight excluding hydrogens is 440 g/mol. The van der Waals surface area contributed by atoms with Gasteiger partial charge >= 0.3 is 0 Å². The minimum Gasteiger partial charge on any atom is -0.493 e. The van der Waals surface area contributed by atoms with Crippen LogP contribution in [0.5, 0.6) is 5.75 Å². The first-order chi connectivity index (χ1) is 17.0. The summed E-state index contributed by atoms with van der Waals surface area (Å²) in [5, 5.41) is 7.10. The SMILES string of the molecule is CCN1CCN(C(CNC(=O)c2cc(-c3ccc(OCC(C)C)cc3)on2)c2ccccc2)CC1. The fraction of sp³-hybridized carbons (Fsp3) is 0.429. The zero-order chi connectivity index (χ0) is 24.6. The molecule has 1 N–H and O–H groups in total. The Kier molecular flexibility index (Phi) is 8.55. The summed E-state index contributed by atoms with van der Waals surface area (Å²) in [7, 11) is 0. The lowest BCUT2D eigenvalue weighted by molar-refractivity contribution is 0.0849. The van der Waals surface area contributed by atoms with E-state index in [9.17, 15) is 4.79 Å². The third kappa shape index (κ3) is 6.71. The van der Waals surface area contributed by atoms with E-state index in [1.165, 1.54) is 5.56 Å². The van der Waals surface area contributed by atoms with Crippen LogP contribution in [0.3, 0.4) is 0 Å². The van der Waals surface area contributed by atoms with Crippen LogP contribution in [0.15, 0.2) is 65.2 Å². The number of hydrogen-bond acceptors (Lipinski definition) is 6. The summed E-state index contributed by atoms with van der Waals surface area (Å²) in [6.07, 6.45) is 0. The number of carbonyl (C=O) groups excluding carboxylic acids is 1. The first kappa shape index (κ1) is 24.9. The van der Waals surface area contributed by atoms with Crippen LogP contribution in [0.1, 0.15) is 42.9 Å². The van der Waals surface area contributed by atoms with E-state index in [0.717, 1.165) is 44.0 Å². The Morgan fingerprint density at radius 1 is 1.06 bits per heavy atom. The smallest absolute Gasteiger partial charge is 0.273 e. The number of nitrogens with one attached hydrogen (secondary N) is 1. The predicted octanol–water partition coefficient (Wildman–Crippen LogP) is 4.49. The second-order valence-electron chi connectivity index (χ2n) is 9.41. The first-order valence-electron chi connectivity index (χ1n) is 12.5. The second-order valence-corrected chi connectivity index (χ2v) is 9.41. The molecule has 1 saturated heterocycles. The molecule has 1 amide bonds. The van der Waals surface area contributed by atoms with E-state index in [-0.39, 0.29) is 17.6 Å². The van der Waals surface area contributed by atoms with Gasteiger partial charge in [0.2, 0.25) is 0 Å². The number of piperazine rings is 1. The number of aromatic nitrogens is 1. The van der Waals surface area contributed by atoms with E-state index in [4.69, 9.17) is 9.26 Å². The molecule has 1 aliphatic heterocycles. The summed E-state index contributed by atoms with van der Waals surface area (Å²) in [5.41, 5.74) is 2.34. The Hall–Kier alpha value is -3.16. The van der Waals surface area contributed by atoms with E-state index in [1.807, 2.05) is 30.3 Å². The number of nitrogens with zero attached hydrogens (tertiary/aromatic N) is 3. The predicted molar refractivity (Wildman–Crippen MR) is 137 cm³/mol. The lowest BCUT2D eigenvalue weighted by Gasteiger charge is -2.39. The van der Waals surface area contributed by atoms with Gasteiger partial charge in [0.1, 0.15) is 5.75 Å². The molecule has 1 atom stereocenters. The molecule has 0 bridgehead atoms. The minimum absolute atomic E-state index is 0.115. The van der Waals surface area contributed by atoms with Gasteiger partial charge < -0.3 is 19.5 Å². The Bertz CT molecular complexity index is 1060. The van der Waals surface area contributed by atoms with Gasteiger partial charge in [0.05, 0.1) is 12.6 Å². The second kappa shape index (κ2) is 12.0. The fourth-order valence-corrected chi connectivity index (χ4v) is 4.30. The van der Waals surface area contributed by atoms with Gasteiger partial charge in [-0.25, -0.2) is 0 Å². The maximum Gasteiger partial charge on any atom is 0.273 e. The van der Waals surface area contributed by atoms with Crippen molar-refractivity contribution in [1.82, 2.24) is 20.3 Å². The first-order valence-corrected chi connectivity index (χ1v) is 12.5. The average Bonchev–Trinajstić information content (AvgIpc) is 3.39. The van der Waals surface area contributed by atoms with Crippen LogP contribution < -0.4 is 10.1 Å². The summed E-state index contributed by atoms with van der Waals surface area (Å²) >= 11 is 0. The molecule has 7 heteroatoms. The van der Waals surface area contributed by atoms with E-state index in [1.54, 1.807) is 6.07 Å². The molecule has 1 aliphatic rings. The molecule has 7 nitrogen and oxygen atoms in total. The topological polar surface area (TPSA) is 70.8 Å². The highest BCUT2D eigenvalue weighted by molar-refractivity contribution is 5.93. The third-order valence-corrected chi connectivity index (χ3v) is 6.40. The van der Waals surface area contributed by atoms with Crippen LogP contribution >= 0.6 is 0 Å². The molecule has 4 rings (SSSR count). The van der Waals surface area contributed by atoms with Crippen molar-refractivity contribution in [3.8, 4) is 17.1 Å². The van der Waals surface area contributed by atoms with Gasteiger partial charge in [-0.1, -0.05) is 56.3 Å². The number of amides is 1.